The average Bonchev–Trinajstić information content (AvgIpc) is 2.48. The number of carbonyl (C=O) groups is 1. The SMILES string of the molecule is COc1cnccc1C(=O)NOCc1ccccc1. The van der Waals surface area contributed by atoms with Crippen molar-refractivity contribution in [2.24, 2.45) is 0 Å². The highest BCUT2D eigenvalue weighted by Crippen LogP contribution is 2.15. The minimum atomic E-state index is -0.366. The number of rotatable bonds is 5. The van der Waals surface area contributed by atoms with E-state index in [1.54, 1.807) is 6.07 Å². The van der Waals surface area contributed by atoms with Gasteiger partial charge in [-0.1, -0.05) is 30.3 Å². The summed E-state index contributed by atoms with van der Waals surface area (Å²) in [6.45, 7) is 0.306. The Balaban J connectivity index is 1.91. The lowest BCUT2D eigenvalue weighted by atomic mass is 10.2. The molecule has 1 heterocycles. The van der Waals surface area contributed by atoms with Gasteiger partial charge in [-0.25, -0.2) is 5.48 Å². The molecule has 5 heteroatoms. The maximum Gasteiger partial charge on any atom is 0.278 e. The van der Waals surface area contributed by atoms with Crippen molar-refractivity contribution in [3.8, 4) is 5.75 Å². The molecule has 19 heavy (non-hydrogen) atoms. The van der Waals surface area contributed by atoms with Gasteiger partial charge in [-0.15, -0.1) is 0 Å². The van der Waals surface area contributed by atoms with Crippen LogP contribution in [0.2, 0.25) is 0 Å². The molecule has 0 aliphatic carbocycles. The highest BCUT2D eigenvalue weighted by Gasteiger charge is 2.11. The number of methoxy groups -OCH3 is 1. The zero-order valence-corrected chi connectivity index (χ0v) is 10.5. The smallest absolute Gasteiger partial charge is 0.278 e. The van der Waals surface area contributed by atoms with Gasteiger partial charge in [-0.3, -0.25) is 14.6 Å². The molecule has 0 unspecified atom stereocenters. The molecular weight excluding hydrogens is 244 g/mol. The van der Waals surface area contributed by atoms with Crippen molar-refractivity contribution in [3.05, 3.63) is 59.9 Å². The van der Waals surface area contributed by atoms with E-state index in [0.29, 0.717) is 17.9 Å². The number of aromatic nitrogens is 1. The van der Waals surface area contributed by atoms with Gasteiger partial charge < -0.3 is 4.74 Å². The number of ether oxygens (including phenoxy) is 1. The number of carbonyl (C=O) groups excluding carboxylic acids is 1. The standard InChI is InChI=1S/C14H14N2O3/c1-18-13-9-15-8-7-12(13)14(17)16-19-10-11-5-3-2-4-6-11/h2-9H,10H2,1H3,(H,16,17). The highest BCUT2D eigenvalue weighted by molar-refractivity contribution is 5.96. The van der Waals surface area contributed by atoms with Crippen LogP contribution in [0, 0.1) is 0 Å². The molecular formula is C14H14N2O3. The lowest BCUT2D eigenvalue weighted by Gasteiger charge is -2.08. The summed E-state index contributed by atoms with van der Waals surface area (Å²) in [7, 11) is 1.48. The van der Waals surface area contributed by atoms with E-state index in [2.05, 4.69) is 10.5 Å². The van der Waals surface area contributed by atoms with Crippen molar-refractivity contribution in [1.29, 1.82) is 0 Å². The second-order valence-corrected chi connectivity index (χ2v) is 3.78. The molecule has 0 radical (unpaired) electrons. The van der Waals surface area contributed by atoms with Gasteiger partial charge >= 0.3 is 0 Å². The Hall–Kier alpha value is -2.40. The molecule has 0 spiro atoms. The van der Waals surface area contributed by atoms with Gasteiger partial charge in [0, 0.05) is 6.20 Å². The third-order valence-electron chi connectivity index (χ3n) is 2.50. The van der Waals surface area contributed by atoms with Crippen LogP contribution < -0.4 is 10.2 Å². The van der Waals surface area contributed by atoms with E-state index in [4.69, 9.17) is 9.57 Å². The van der Waals surface area contributed by atoms with Crippen LogP contribution in [0.3, 0.4) is 0 Å². The van der Waals surface area contributed by atoms with E-state index in [1.165, 1.54) is 19.5 Å². The summed E-state index contributed by atoms with van der Waals surface area (Å²) in [4.78, 5) is 20.9. The fourth-order valence-electron chi connectivity index (χ4n) is 1.54. The first kappa shape index (κ1) is 13.0. The van der Waals surface area contributed by atoms with Gasteiger partial charge in [0.25, 0.3) is 5.91 Å². The Morgan fingerprint density at radius 3 is 2.79 bits per heavy atom. The summed E-state index contributed by atoms with van der Waals surface area (Å²) >= 11 is 0. The monoisotopic (exact) mass is 258 g/mol. The van der Waals surface area contributed by atoms with E-state index >= 15 is 0 Å². The molecule has 0 bridgehead atoms. The predicted octanol–water partition coefficient (Wildman–Crippen LogP) is 1.95. The molecule has 0 saturated carbocycles. The first-order chi connectivity index (χ1) is 9.31. The molecule has 1 amide bonds. The van der Waals surface area contributed by atoms with Gasteiger partial charge in [-0.2, -0.15) is 0 Å². The number of hydrogen-bond donors (Lipinski definition) is 1. The van der Waals surface area contributed by atoms with E-state index in [1.807, 2.05) is 30.3 Å². The van der Waals surface area contributed by atoms with Crippen LogP contribution in [0.25, 0.3) is 0 Å². The summed E-state index contributed by atoms with van der Waals surface area (Å²) in [5, 5.41) is 0. The van der Waals surface area contributed by atoms with E-state index in [9.17, 15) is 4.79 Å². The fraction of sp³-hybridized carbons (Fsp3) is 0.143. The molecule has 5 nitrogen and oxygen atoms in total. The first-order valence-corrected chi connectivity index (χ1v) is 5.75. The molecule has 98 valence electrons. The largest absolute Gasteiger partial charge is 0.494 e. The van der Waals surface area contributed by atoms with Crippen molar-refractivity contribution in [2.45, 2.75) is 6.61 Å². The van der Waals surface area contributed by atoms with E-state index < -0.39 is 0 Å². The van der Waals surface area contributed by atoms with E-state index in [0.717, 1.165) is 5.56 Å². The summed E-state index contributed by atoms with van der Waals surface area (Å²) in [5.41, 5.74) is 3.73. The number of nitrogens with one attached hydrogen (secondary N) is 1. The lowest BCUT2D eigenvalue weighted by molar-refractivity contribution is 0.0231. The fourth-order valence-corrected chi connectivity index (χ4v) is 1.54. The molecule has 0 fully saturated rings. The zero-order valence-electron chi connectivity index (χ0n) is 10.5. The van der Waals surface area contributed by atoms with Crippen molar-refractivity contribution < 1.29 is 14.4 Å². The maximum absolute atomic E-state index is 11.9. The number of benzene rings is 1. The van der Waals surface area contributed by atoms with Gasteiger partial charge in [0.1, 0.15) is 5.75 Å². The van der Waals surface area contributed by atoms with Crippen LogP contribution in [0.4, 0.5) is 0 Å². The average molecular weight is 258 g/mol. The number of pyridine rings is 1. The number of nitrogens with zero attached hydrogens (tertiary/aromatic N) is 1. The van der Waals surface area contributed by atoms with Crippen molar-refractivity contribution >= 4 is 5.91 Å². The Morgan fingerprint density at radius 2 is 2.05 bits per heavy atom. The quantitative estimate of drug-likeness (QED) is 0.833. The van der Waals surface area contributed by atoms with Gasteiger partial charge in [0.2, 0.25) is 0 Å². The first-order valence-electron chi connectivity index (χ1n) is 5.75. The van der Waals surface area contributed by atoms with Crippen LogP contribution >= 0.6 is 0 Å². The minimum absolute atomic E-state index is 0.306. The van der Waals surface area contributed by atoms with E-state index in [-0.39, 0.29) is 5.91 Å². The predicted molar refractivity (Wildman–Crippen MR) is 69.5 cm³/mol. The molecule has 1 aromatic carbocycles. The summed E-state index contributed by atoms with van der Waals surface area (Å²) in [5.74, 6) is 0.0403. The highest BCUT2D eigenvalue weighted by atomic mass is 16.6. The van der Waals surface area contributed by atoms with Crippen LogP contribution in [0.5, 0.6) is 5.75 Å². The van der Waals surface area contributed by atoms with Crippen molar-refractivity contribution in [2.75, 3.05) is 7.11 Å². The molecule has 0 aliphatic heterocycles. The van der Waals surface area contributed by atoms with Crippen LogP contribution in [-0.4, -0.2) is 18.0 Å². The Kier molecular flexibility index (Phi) is 4.47. The molecule has 0 atom stereocenters. The topological polar surface area (TPSA) is 60.5 Å². The summed E-state index contributed by atoms with van der Waals surface area (Å²) < 4.78 is 5.05. The summed E-state index contributed by atoms with van der Waals surface area (Å²) in [6, 6.07) is 11.1. The normalized spacial score (nSPS) is 9.95. The van der Waals surface area contributed by atoms with Crippen LogP contribution in [0.1, 0.15) is 15.9 Å². The van der Waals surface area contributed by atoms with Crippen molar-refractivity contribution in [1.82, 2.24) is 10.5 Å². The molecule has 1 N–H and O–H groups in total. The molecule has 2 aromatic rings. The minimum Gasteiger partial charge on any atom is -0.494 e. The summed E-state index contributed by atoms with van der Waals surface area (Å²) in [6.07, 6.45) is 3.00. The number of amides is 1. The lowest BCUT2D eigenvalue weighted by Crippen LogP contribution is -2.24. The zero-order chi connectivity index (χ0) is 13.5. The number of hydroxylamine groups is 1. The third kappa shape index (κ3) is 3.53. The Morgan fingerprint density at radius 1 is 1.26 bits per heavy atom. The maximum atomic E-state index is 11.9. The van der Waals surface area contributed by atoms with Gasteiger partial charge in [0.05, 0.1) is 25.5 Å². The van der Waals surface area contributed by atoms with Crippen LogP contribution in [0.15, 0.2) is 48.8 Å². The number of hydrogen-bond acceptors (Lipinski definition) is 4. The Bertz CT molecular complexity index is 543. The molecule has 0 saturated heterocycles. The second-order valence-electron chi connectivity index (χ2n) is 3.78. The van der Waals surface area contributed by atoms with Crippen LogP contribution in [-0.2, 0) is 11.4 Å². The second kappa shape index (κ2) is 6.51. The molecule has 1 aromatic heterocycles. The van der Waals surface area contributed by atoms with Gasteiger partial charge in [-0.05, 0) is 11.6 Å². The molecule has 2 rings (SSSR count). The Labute approximate surface area is 111 Å². The van der Waals surface area contributed by atoms with Gasteiger partial charge in [0.15, 0.2) is 0 Å². The molecule has 0 aliphatic rings. The third-order valence-corrected chi connectivity index (χ3v) is 2.50. The van der Waals surface area contributed by atoms with Crippen molar-refractivity contribution in [3.63, 3.8) is 0 Å².